The lowest BCUT2D eigenvalue weighted by molar-refractivity contribution is 1.02. The van der Waals surface area contributed by atoms with E-state index in [1.165, 1.54) is 69.1 Å². The van der Waals surface area contributed by atoms with Gasteiger partial charge < -0.3 is 16.0 Å². The van der Waals surface area contributed by atoms with Crippen molar-refractivity contribution in [1.29, 1.82) is 5.41 Å². The minimum Gasteiger partial charge on any atom is -0.384 e. The number of amidine groups is 1. The van der Waals surface area contributed by atoms with Crippen LogP contribution >= 0.6 is 11.3 Å². The summed E-state index contributed by atoms with van der Waals surface area (Å²) in [5, 5.41) is 17.8. The molecule has 0 saturated heterocycles. The SMILES string of the molecule is Cn1c2ccccc2c2ccc3c(ccc4ccc5c6ccccc6sc5c43)c21.N=C(N)c1ccccc1.NCc1ccccc1. The summed E-state index contributed by atoms with van der Waals surface area (Å²) in [4.78, 5) is 0. The van der Waals surface area contributed by atoms with Crippen LogP contribution in [0.2, 0.25) is 0 Å². The van der Waals surface area contributed by atoms with Crippen molar-refractivity contribution in [1.82, 2.24) is 4.57 Å². The van der Waals surface area contributed by atoms with E-state index >= 15 is 0 Å². The van der Waals surface area contributed by atoms with E-state index in [-0.39, 0.29) is 5.84 Å². The maximum atomic E-state index is 7.01. The van der Waals surface area contributed by atoms with Gasteiger partial charge in [-0.15, -0.1) is 11.3 Å². The highest BCUT2D eigenvalue weighted by Gasteiger charge is 2.15. The molecule has 0 amide bonds. The van der Waals surface area contributed by atoms with E-state index in [0.717, 1.165) is 5.56 Å². The minimum atomic E-state index is 0.121. The van der Waals surface area contributed by atoms with Gasteiger partial charge in [-0.1, -0.05) is 133 Å². The Kier molecular flexibility index (Phi) is 7.93. The zero-order valence-corrected chi connectivity index (χ0v) is 26.4. The first-order valence-corrected chi connectivity index (χ1v) is 16.1. The second-order valence-electron chi connectivity index (χ2n) is 11.3. The smallest absolute Gasteiger partial charge is 0.122 e. The lowest BCUT2D eigenvalue weighted by Crippen LogP contribution is -2.10. The lowest BCUT2D eigenvalue weighted by Gasteiger charge is -2.08. The molecule has 224 valence electrons. The Labute approximate surface area is 271 Å². The lowest BCUT2D eigenvalue weighted by atomic mass is 9.98. The van der Waals surface area contributed by atoms with Crippen LogP contribution in [-0.4, -0.2) is 10.4 Å². The average Bonchev–Trinajstić information content (AvgIpc) is 3.64. The highest BCUT2D eigenvalue weighted by molar-refractivity contribution is 7.26. The van der Waals surface area contributed by atoms with Crippen molar-refractivity contribution >= 4 is 80.7 Å². The molecule has 9 aromatic rings. The maximum Gasteiger partial charge on any atom is 0.122 e. The van der Waals surface area contributed by atoms with Crippen LogP contribution in [0.5, 0.6) is 0 Å². The number of rotatable bonds is 2. The van der Waals surface area contributed by atoms with E-state index in [1.807, 2.05) is 72.0 Å². The number of nitrogen functional groups attached to an aromatic ring is 1. The van der Waals surface area contributed by atoms with Crippen LogP contribution in [0.15, 0.2) is 146 Å². The number of aromatic nitrogens is 1. The number of thiophene rings is 1. The van der Waals surface area contributed by atoms with Crippen molar-refractivity contribution in [2.24, 2.45) is 18.5 Å². The van der Waals surface area contributed by atoms with Gasteiger partial charge in [-0.2, -0.15) is 0 Å². The van der Waals surface area contributed by atoms with Crippen LogP contribution < -0.4 is 11.5 Å². The van der Waals surface area contributed by atoms with Crippen LogP contribution in [0.4, 0.5) is 0 Å². The summed E-state index contributed by atoms with van der Waals surface area (Å²) in [5.74, 6) is 0.121. The maximum absolute atomic E-state index is 7.01. The van der Waals surface area contributed by atoms with Crippen molar-refractivity contribution in [3.8, 4) is 0 Å². The molecule has 46 heavy (non-hydrogen) atoms. The van der Waals surface area contributed by atoms with Crippen LogP contribution in [0, 0.1) is 5.41 Å². The van der Waals surface area contributed by atoms with Gasteiger partial charge in [-0.3, -0.25) is 5.41 Å². The third kappa shape index (κ3) is 5.26. The molecule has 0 aliphatic carbocycles. The molecule has 0 atom stereocenters. The van der Waals surface area contributed by atoms with Crippen LogP contribution in [0.25, 0.3) is 63.5 Å². The second kappa shape index (κ2) is 12.5. The number of nitrogens with one attached hydrogen (secondary N) is 1. The Balaban J connectivity index is 0.000000163. The largest absolute Gasteiger partial charge is 0.384 e. The summed E-state index contributed by atoms with van der Waals surface area (Å²) in [6.45, 7) is 0.640. The molecule has 0 saturated carbocycles. The highest BCUT2D eigenvalue weighted by Crippen LogP contribution is 2.43. The third-order valence-electron chi connectivity index (χ3n) is 8.55. The number of hydrogen-bond acceptors (Lipinski definition) is 3. The number of para-hydroxylation sites is 1. The molecule has 0 spiro atoms. The first-order chi connectivity index (χ1) is 22.5. The summed E-state index contributed by atoms with van der Waals surface area (Å²) in [6, 6.07) is 50.5. The summed E-state index contributed by atoms with van der Waals surface area (Å²) in [7, 11) is 2.19. The summed E-state index contributed by atoms with van der Waals surface area (Å²) in [6.07, 6.45) is 0. The van der Waals surface area contributed by atoms with Crippen molar-refractivity contribution in [2.75, 3.05) is 0 Å². The van der Waals surface area contributed by atoms with Gasteiger partial charge in [0.1, 0.15) is 5.84 Å². The summed E-state index contributed by atoms with van der Waals surface area (Å²) in [5.41, 5.74) is 15.1. The van der Waals surface area contributed by atoms with E-state index in [0.29, 0.717) is 6.54 Å². The van der Waals surface area contributed by atoms with E-state index < -0.39 is 0 Å². The first-order valence-electron chi connectivity index (χ1n) is 15.3. The summed E-state index contributed by atoms with van der Waals surface area (Å²) < 4.78 is 5.11. The molecule has 0 aliphatic heterocycles. The highest BCUT2D eigenvalue weighted by atomic mass is 32.1. The predicted molar refractivity (Wildman–Crippen MR) is 200 cm³/mol. The molecule has 5 heteroatoms. The fourth-order valence-corrected chi connectivity index (χ4v) is 7.59. The topological polar surface area (TPSA) is 80.8 Å². The molecule has 0 radical (unpaired) electrons. The Hall–Kier alpha value is -5.49. The van der Waals surface area contributed by atoms with Gasteiger partial charge in [0.2, 0.25) is 0 Å². The Morgan fingerprint density at radius 1 is 0.609 bits per heavy atom. The molecule has 0 unspecified atom stereocenters. The molecular weight excluding hydrogens is 581 g/mol. The Bertz CT molecular complexity index is 2490. The van der Waals surface area contributed by atoms with Crippen LogP contribution in [0.3, 0.4) is 0 Å². The monoisotopic (exact) mass is 614 g/mol. The quantitative estimate of drug-likeness (QED) is 0.103. The van der Waals surface area contributed by atoms with Crippen molar-refractivity contribution in [2.45, 2.75) is 6.54 Å². The number of aryl methyl sites for hydroxylation is 1. The van der Waals surface area contributed by atoms with Crippen LogP contribution in [-0.2, 0) is 13.6 Å². The first kappa shape index (κ1) is 29.2. The van der Waals surface area contributed by atoms with Crippen molar-refractivity contribution < 1.29 is 0 Å². The van der Waals surface area contributed by atoms with E-state index in [1.54, 1.807) is 0 Å². The normalized spacial score (nSPS) is 11.1. The summed E-state index contributed by atoms with van der Waals surface area (Å²) >= 11 is 1.91. The van der Waals surface area contributed by atoms with Crippen LogP contribution in [0.1, 0.15) is 11.1 Å². The van der Waals surface area contributed by atoms with Gasteiger partial charge in [0.25, 0.3) is 0 Å². The molecule has 2 heterocycles. The standard InChI is InChI=1S/C27H17NS.C7H8N2.C7H9N/c1-28-23-8-4-2-6-17(23)20-15-14-19-21(26(20)28)12-10-16-11-13-22-18-7-3-5-9-24(18)29-27(22)25(16)19;8-7(9)6-4-2-1-3-5-6;8-6-7-4-2-1-3-5-7/h2-15H,1H3;1-5H,(H3,8,9);1-5H,6,8H2. The fourth-order valence-electron chi connectivity index (χ4n) is 6.31. The molecular formula is C41H34N4S. The van der Waals surface area contributed by atoms with Gasteiger partial charge >= 0.3 is 0 Å². The van der Waals surface area contributed by atoms with Gasteiger partial charge in [-0.05, 0) is 28.5 Å². The van der Waals surface area contributed by atoms with Crippen molar-refractivity contribution in [3.63, 3.8) is 0 Å². The van der Waals surface area contributed by atoms with Gasteiger partial charge in [0.05, 0.1) is 5.52 Å². The number of fused-ring (bicyclic) bond motifs is 11. The van der Waals surface area contributed by atoms with E-state index in [9.17, 15) is 0 Å². The number of benzene rings is 7. The van der Waals surface area contributed by atoms with Gasteiger partial charge in [0.15, 0.2) is 0 Å². The van der Waals surface area contributed by atoms with E-state index in [2.05, 4.69) is 96.5 Å². The fraction of sp³-hybridized carbons (Fsp3) is 0.0488. The number of nitrogens with two attached hydrogens (primary N) is 2. The number of nitrogens with zero attached hydrogens (tertiary/aromatic N) is 1. The molecule has 2 aromatic heterocycles. The third-order valence-corrected chi connectivity index (χ3v) is 9.75. The molecule has 0 aliphatic rings. The zero-order valence-electron chi connectivity index (χ0n) is 25.6. The molecule has 4 nitrogen and oxygen atoms in total. The molecule has 7 aromatic carbocycles. The van der Waals surface area contributed by atoms with Crippen molar-refractivity contribution in [3.05, 3.63) is 157 Å². The van der Waals surface area contributed by atoms with Gasteiger partial charge in [-0.25, -0.2) is 0 Å². The van der Waals surface area contributed by atoms with E-state index in [4.69, 9.17) is 16.9 Å². The Morgan fingerprint density at radius 3 is 1.85 bits per heavy atom. The predicted octanol–water partition coefficient (Wildman–Crippen LogP) is 10.1. The minimum absolute atomic E-state index is 0.121. The second-order valence-corrected chi connectivity index (χ2v) is 12.4. The van der Waals surface area contributed by atoms with Gasteiger partial charge in [0, 0.05) is 66.4 Å². The average molecular weight is 615 g/mol. The molecule has 9 rings (SSSR count). The molecule has 5 N–H and O–H groups in total. The number of hydrogen-bond donors (Lipinski definition) is 3. The Morgan fingerprint density at radius 2 is 1.17 bits per heavy atom. The molecule has 0 fully saturated rings. The molecule has 0 bridgehead atoms. The zero-order chi connectivity index (χ0) is 31.6.